The van der Waals surface area contributed by atoms with E-state index in [0.29, 0.717) is 29.4 Å². The molecular weight excluding hydrogens is 505 g/mol. The van der Waals surface area contributed by atoms with E-state index in [4.69, 9.17) is 14.2 Å². The van der Waals surface area contributed by atoms with Gasteiger partial charge in [-0.3, -0.25) is 0 Å². The second-order valence-electron chi connectivity index (χ2n) is 8.56. The summed E-state index contributed by atoms with van der Waals surface area (Å²) in [5.41, 5.74) is 2.97. The summed E-state index contributed by atoms with van der Waals surface area (Å²) in [7, 11) is 1.33. The van der Waals surface area contributed by atoms with Crippen LogP contribution in [0.15, 0.2) is 59.5 Å². The highest BCUT2D eigenvalue weighted by Gasteiger charge is 2.30. The molecule has 5 nitrogen and oxygen atoms in total. The summed E-state index contributed by atoms with van der Waals surface area (Å²) >= 11 is 1.65. The fourth-order valence-corrected chi connectivity index (χ4v) is 5.01. The summed E-state index contributed by atoms with van der Waals surface area (Å²) in [6, 6.07) is 14.6. The number of hydrogen-bond donors (Lipinski definition) is 0. The summed E-state index contributed by atoms with van der Waals surface area (Å²) in [5.74, 6) is 2.39. The second-order valence-corrected chi connectivity index (χ2v) is 9.58. The van der Waals surface area contributed by atoms with Crippen LogP contribution in [0.2, 0.25) is 0 Å². The Kier molecular flexibility index (Phi) is 8.53. The Morgan fingerprint density at radius 3 is 2.41 bits per heavy atom. The number of methoxy groups -OCH3 is 1. The van der Waals surface area contributed by atoms with E-state index in [1.165, 1.54) is 19.2 Å². The van der Waals surface area contributed by atoms with Crippen molar-refractivity contribution in [2.24, 2.45) is 0 Å². The maximum atomic E-state index is 12.7. The van der Waals surface area contributed by atoms with Crippen LogP contribution in [0.25, 0.3) is 0 Å². The van der Waals surface area contributed by atoms with Gasteiger partial charge in [0.2, 0.25) is 0 Å². The van der Waals surface area contributed by atoms with Crippen LogP contribution in [0.4, 0.5) is 13.2 Å². The predicted molar refractivity (Wildman–Crippen MR) is 134 cm³/mol. The molecule has 0 aromatic heterocycles. The summed E-state index contributed by atoms with van der Waals surface area (Å²) in [4.78, 5) is 12.6. The number of esters is 1. The highest BCUT2D eigenvalue weighted by molar-refractivity contribution is 7.98. The number of alkyl halides is 3. The van der Waals surface area contributed by atoms with Crippen LogP contribution in [-0.2, 0) is 34.5 Å². The smallest absolute Gasteiger partial charge is 0.416 e. The van der Waals surface area contributed by atoms with E-state index in [1.54, 1.807) is 11.8 Å². The van der Waals surface area contributed by atoms with E-state index in [0.717, 1.165) is 52.3 Å². The van der Waals surface area contributed by atoms with Crippen LogP contribution in [0, 0.1) is 6.92 Å². The third kappa shape index (κ3) is 6.91. The van der Waals surface area contributed by atoms with Crippen molar-refractivity contribution in [1.82, 2.24) is 0 Å². The molecule has 3 aromatic carbocycles. The predicted octanol–water partition coefficient (Wildman–Crippen LogP) is 6.76. The molecule has 0 bridgehead atoms. The highest BCUT2D eigenvalue weighted by atomic mass is 32.2. The molecule has 0 aliphatic carbocycles. The minimum absolute atomic E-state index is 0.149. The molecule has 4 rings (SSSR count). The first kappa shape index (κ1) is 26.7. The van der Waals surface area contributed by atoms with Crippen molar-refractivity contribution < 1.29 is 36.9 Å². The van der Waals surface area contributed by atoms with Crippen molar-refractivity contribution in [2.75, 3.05) is 20.3 Å². The molecule has 0 radical (unpaired) electrons. The number of fused-ring (bicyclic) bond motifs is 1. The number of benzene rings is 3. The first-order valence-electron chi connectivity index (χ1n) is 11.7. The average Bonchev–Trinajstić information content (AvgIpc) is 2.90. The third-order valence-electron chi connectivity index (χ3n) is 5.86. The Morgan fingerprint density at radius 2 is 1.73 bits per heavy atom. The number of carbonyl (C=O) groups is 1. The Labute approximate surface area is 217 Å². The van der Waals surface area contributed by atoms with Crippen LogP contribution >= 0.6 is 11.8 Å². The fourth-order valence-electron chi connectivity index (χ4n) is 3.92. The van der Waals surface area contributed by atoms with Crippen LogP contribution in [-0.4, -0.2) is 26.3 Å². The molecule has 1 heterocycles. The first-order valence-corrected chi connectivity index (χ1v) is 12.7. The van der Waals surface area contributed by atoms with E-state index >= 15 is 0 Å². The van der Waals surface area contributed by atoms with Crippen LogP contribution in [0.1, 0.15) is 34.2 Å². The van der Waals surface area contributed by atoms with Gasteiger partial charge in [-0.2, -0.15) is 13.2 Å². The molecule has 9 heteroatoms. The quantitative estimate of drug-likeness (QED) is 0.224. The van der Waals surface area contributed by atoms with Gasteiger partial charge in [0.25, 0.3) is 0 Å². The van der Waals surface area contributed by atoms with E-state index in [9.17, 15) is 18.0 Å². The fraction of sp³-hybridized carbons (Fsp3) is 0.321. The molecule has 0 amide bonds. The number of carbonyl (C=O) groups excluding carboxylic acids is 1. The van der Waals surface area contributed by atoms with Gasteiger partial charge >= 0.3 is 12.1 Å². The summed E-state index contributed by atoms with van der Waals surface area (Å²) in [5, 5.41) is 0. The largest absolute Gasteiger partial charge is 0.492 e. The number of rotatable bonds is 9. The second kappa shape index (κ2) is 11.8. The van der Waals surface area contributed by atoms with E-state index in [2.05, 4.69) is 4.74 Å². The molecule has 0 fully saturated rings. The molecule has 0 saturated heterocycles. The van der Waals surface area contributed by atoms with E-state index in [1.807, 2.05) is 37.3 Å². The SMILES string of the molecule is COC(=O)COc1c(C)cc(SCc2ccc(OCc3ccc(C(F)(F)F)cc3)cc2)c2c1CCCO2. The number of hydrogen-bond acceptors (Lipinski definition) is 6. The maximum absolute atomic E-state index is 12.7. The molecular formula is C28H27F3O5S. The Balaban J connectivity index is 1.37. The lowest BCUT2D eigenvalue weighted by Crippen LogP contribution is -2.16. The monoisotopic (exact) mass is 532 g/mol. The minimum Gasteiger partial charge on any atom is -0.492 e. The standard InChI is InChI=1S/C28H27F3O5S/c1-18-14-24(27-23(4-3-13-34-27)26(18)36-16-25(32)33-2)37-17-20-7-11-22(12-8-20)35-15-19-5-9-21(10-6-19)28(29,30)31/h5-12,14H,3-4,13,15-17H2,1-2H3. The number of ether oxygens (including phenoxy) is 4. The zero-order valence-electron chi connectivity index (χ0n) is 20.5. The van der Waals surface area contributed by atoms with Crippen LogP contribution < -0.4 is 14.2 Å². The van der Waals surface area contributed by atoms with Crippen molar-refractivity contribution >= 4 is 17.7 Å². The van der Waals surface area contributed by atoms with Gasteiger partial charge in [0.05, 0.1) is 24.2 Å². The van der Waals surface area contributed by atoms with Crippen LogP contribution in [0.3, 0.4) is 0 Å². The summed E-state index contributed by atoms with van der Waals surface area (Å²) in [6.45, 7) is 2.61. The van der Waals surface area contributed by atoms with E-state index in [-0.39, 0.29) is 13.2 Å². The zero-order chi connectivity index (χ0) is 26.4. The van der Waals surface area contributed by atoms with Crippen molar-refractivity contribution in [1.29, 1.82) is 0 Å². The summed E-state index contributed by atoms with van der Waals surface area (Å²) < 4.78 is 60.3. The number of aryl methyl sites for hydroxylation is 1. The molecule has 0 unspecified atom stereocenters. The lowest BCUT2D eigenvalue weighted by atomic mass is 10.0. The number of halogens is 3. The molecule has 0 N–H and O–H groups in total. The van der Waals surface area contributed by atoms with E-state index < -0.39 is 17.7 Å². The molecule has 0 saturated carbocycles. The van der Waals surface area contributed by atoms with Crippen LogP contribution in [0.5, 0.6) is 17.2 Å². The van der Waals surface area contributed by atoms with Crippen molar-refractivity contribution in [3.63, 3.8) is 0 Å². The minimum atomic E-state index is -4.35. The Morgan fingerprint density at radius 1 is 1.03 bits per heavy atom. The molecule has 1 aliphatic rings. The van der Waals surface area contributed by atoms with Gasteiger partial charge in [0.15, 0.2) is 6.61 Å². The van der Waals surface area contributed by atoms with Gasteiger partial charge in [-0.1, -0.05) is 24.3 Å². The normalized spacial score (nSPS) is 12.9. The molecule has 37 heavy (non-hydrogen) atoms. The lowest BCUT2D eigenvalue weighted by Gasteiger charge is -2.24. The first-order chi connectivity index (χ1) is 17.7. The van der Waals surface area contributed by atoms with Gasteiger partial charge in [-0.15, -0.1) is 11.8 Å². The van der Waals surface area contributed by atoms with Gasteiger partial charge in [0.1, 0.15) is 23.9 Å². The highest BCUT2D eigenvalue weighted by Crippen LogP contribution is 2.44. The third-order valence-corrected chi connectivity index (χ3v) is 6.95. The molecule has 196 valence electrons. The van der Waals surface area contributed by atoms with Gasteiger partial charge in [0, 0.05) is 11.3 Å². The van der Waals surface area contributed by atoms with Gasteiger partial charge in [-0.25, -0.2) is 4.79 Å². The topological polar surface area (TPSA) is 54.0 Å². The molecule has 0 spiro atoms. The van der Waals surface area contributed by atoms with Gasteiger partial charge in [-0.05, 0) is 66.8 Å². The lowest BCUT2D eigenvalue weighted by molar-refractivity contribution is -0.143. The Hall–Kier alpha value is -3.33. The number of thioether (sulfide) groups is 1. The molecule has 3 aromatic rings. The zero-order valence-corrected chi connectivity index (χ0v) is 21.3. The average molecular weight is 533 g/mol. The van der Waals surface area contributed by atoms with Crippen molar-refractivity contribution in [3.8, 4) is 17.2 Å². The maximum Gasteiger partial charge on any atom is 0.416 e. The Bertz CT molecular complexity index is 1220. The molecule has 0 atom stereocenters. The van der Waals surface area contributed by atoms with Gasteiger partial charge < -0.3 is 18.9 Å². The van der Waals surface area contributed by atoms with Crippen molar-refractivity contribution in [3.05, 3.63) is 82.4 Å². The molecule has 1 aliphatic heterocycles. The summed E-state index contributed by atoms with van der Waals surface area (Å²) in [6.07, 6.45) is -2.66. The van der Waals surface area contributed by atoms with Crippen molar-refractivity contribution in [2.45, 2.75) is 43.2 Å².